The first-order chi connectivity index (χ1) is 20.4. The van der Waals surface area contributed by atoms with Gasteiger partial charge in [-0.2, -0.15) is 0 Å². The molecule has 1 aliphatic rings. The summed E-state index contributed by atoms with van der Waals surface area (Å²) in [5, 5.41) is 12.1. The summed E-state index contributed by atoms with van der Waals surface area (Å²) in [4.78, 5) is 19.1. The van der Waals surface area contributed by atoms with Gasteiger partial charge in [-0.15, -0.1) is 6.58 Å². The number of nitrogens with zero attached hydrogens (tertiary/aromatic N) is 1. The molecule has 0 aromatic heterocycles. The Balaban J connectivity index is 1.69. The molecule has 2 N–H and O–H groups in total. The minimum Gasteiger partial charge on any atom is -0.494 e. The number of carbonyl (C=O) groups is 1. The monoisotopic (exact) mass is 638 g/mol. The van der Waals surface area contributed by atoms with Crippen LogP contribution in [0.15, 0.2) is 82.8 Å². The van der Waals surface area contributed by atoms with Crippen molar-refractivity contribution in [1.29, 1.82) is 0 Å². The van der Waals surface area contributed by atoms with Gasteiger partial charge in [-0.25, -0.2) is 4.99 Å². The SMILES string of the molecule is C=CC[C@@]1(C(=O)NCc2cc(OC)c(OC)c(OC)c2)N=C(c2ccc(OCCCO)cc2)O[C@@H]1c1ccccc1Br. The zero-order chi connectivity index (χ0) is 30.1. The number of methoxy groups -OCH3 is 3. The second-order valence-corrected chi connectivity index (χ2v) is 10.4. The summed E-state index contributed by atoms with van der Waals surface area (Å²) in [5.74, 6) is 2.12. The summed E-state index contributed by atoms with van der Waals surface area (Å²) in [6.45, 7) is 4.58. The number of aliphatic hydroxyl groups excluding tert-OH is 1. The Morgan fingerprint density at radius 1 is 1.10 bits per heavy atom. The molecule has 3 aromatic rings. The van der Waals surface area contributed by atoms with E-state index in [4.69, 9.17) is 33.8 Å². The highest BCUT2D eigenvalue weighted by Crippen LogP contribution is 2.45. The molecule has 1 amide bonds. The van der Waals surface area contributed by atoms with Crippen LogP contribution in [0.3, 0.4) is 0 Å². The van der Waals surface area contributed by atoms with E-state index in [2.05, 4.69) is 27.8 Å². The highest BCUT2D eigenvalue weighted by atomic mass is 79.9. The number of nitrogens with one attached hydrogen (secondary N) is 1. The number of ether oxygens (including phenoxy) is 5. The van der Waals surface area contributed by atoms with Gasteiger partial charge in [0.1, 0.15) is 5.75 Å². The summed E-state index contributed by atoms with van der Waals surface area (Å²) in [6.07, 6.45) is 1.71. The second-order valence-electron chi connectivity index (χ2n) is 9.52. The first-order valence-corrected chi connectivity index (χ1v) is 14.2. The van der Waals surface area contributed by atoms with Crippen molar-refractivity contribution < 1.29 is 33.6 Å². The third kappa shape index (κ3) is 6.55. The lowest BCUT2D eigenvalue weighted by Gasteiger charge is -2.30. The van der Waals surface area contributed by atoms with Crippen LogP contribution < -0.4 is 24.3 Å². The minimum absolute atomic E-state index is 0.0617. The van der Waals surface area contributed by atoms with E-state index in [9.17, 15) is 4.79 Å². The van der Waals surface area contributed by atoms with Crippen LogP contribution in [0.2, 0.25) is 0 Å². The Labute approximate surface area is 254 Å². The summed E-state index contributed by atoms with van der Waals surface area (Å²) < 4.78 is 29.3. The molecule has 0 spiro atoms. The number of amides is 1. The quantitative estimate of drug-likeness (QED) is 0.180. The van der Waals surface area contributed by atoms with Crippen molar-refractivity contribution in [2.45, 2.75) is 31.0 Å². The van der Waals surface area contributed by atoms with Crippen molar-refractivity contribution in [2.75, 3.05) is 34.5 Å². The normalized spacial score (nSPS) is 17.5. The van der Waals surface area contributed by atoms with Gasteiger partial charge in [-0.3, -0.25) is 4.79 Å². The molecule has 222 valence electrons. The van der Waals surface area contributed by atoms with Crippen molar-refractivity contribution in [3.63, 3.8) is 0 Å². The number of benzene rings is 3. The first kappa shape index (κ1) is 30.9. The third-order valence-corrected chi connectivity index (χ3v) is 7.57. The van der Waals surface area contributed by atoms with Crippen LogP contribution in [0.25, 0.3) is 0 Å². The number of aliphatic imine (C=N–C) groups is 1. The average Bonchev–Trinajstić information content (AvgIpc) is 3.40. The Hall–Kier alpha value is -4.02. The van der Waals surface area contributed by atoms with Crippen LogP contribution in [0.4, 0.5) is 0 Å². The maximum atomic E-state index is 14.1. The molecule has 42 heavy (non-hydrogen) atoms. The molecule has 0 aliphatic carbocycles. The van der Waals surface area contributed by atoms with Crippen molar-refractivity contribution in [3.8, 4) is 23.0 Å². The van der Waals surface area contributed by atoms with E-state index in [1.807, 2.05) is 48.5 Å². The highest BCUT2D eigenvalue weighted by molar-refractivity contribution is 9.10. The lowest BCUT2D eigenvalue weighted by Crippen LogP contribution is -2.47. The maximum Gasteiger partial charge on any atom is 0.252 e. The molecule has 1 aliphatic heterocycles. The van der Waals surface area contributed by atoms with Crippen molar-refractivity contribution >= 4 is 27.7 Å². The number of rotatable bonds is 14. The molecule has 0 bridgehead atoms. The lowest BCUT2D eigenvalue weighted by atomic mass is 9.84. The molecule has 0 saturated carbocycles. The van der Waals surface area contributed by atoms with Gasteiger partial charge in [-0.1, -0.05) is 40.2 Å². The van der Waals surface area contributed by atoms with Gasteiger partial charge >= 0.3 is 0 Å². The minimum atomic E-state index is -1.34. The molecule has 2 atom stereocenters. The molecular weight excluding hydrogens is 604 g/mol. The predicted molar refractivity (Wildman–Crippen MR) is 164 cm³/mol. The molecule has 0 saturated heterocycles. The van der Waals surface area contributed by atoms with Crippen molar-refractivity contribution in [1.82, 2.24) is 5.32 Å². The van der Waals surface area contributed by atoms with Crippen LogP contribution in [-0.4, -0.2) is 57.0 Å². The summed E-state index contributed by atoms with van der Waals surface area (Å²) >= 11 is 3.63. The van der Waals surface area contributed by atoms with E-state index in [1.54, 1.807) is 32.4 Å². The van der Waals surface area contributed by atoms with Gasteiger partial charge < -0.3 is 34.1 Å². The summed E-state index contributed by atoms with van der Waals surface area (Å²) in [5.41, 5.74) is 0.900. The van der Waals surface area contributed by atoms with Gasteiger partial charge in [0.2, 0.25) is 11.6 Å². The molecular formula is C32H35BrN2O7. The molecule has 0 radical (unpaired) electrons. The highest BCUT2D eigenvalue weighted by Gasteiger charge is 2.52. The standard InChI is InChI=1S/C32H35BrN2O7/c1-5-15-32(31(37)34-20-21-18-26(38-2)28(40-4)27(19-21)39-3)29(24-9-6-7-10-25(24)33)42-30(35-32)22-11-13-23(14-12-22)41-17-8-16-36/h5-7,9-14,18-19,29,36H,1,8,15-17,20H2,2-4H3,(H,34,37)/t29-,32-/m1/s1. The average molecular weight is 640 g/mol. The van der Waals surface area contributed by atoms with Gasteiger partial charge in [0, 0.05) is 41.6 Å². The van der Waals surface area contributed by atoms with Crippen LogP contribution in [0.5, 0.6) is 23.0 Å². The maximum absolute atomic E-state index is 14.1. The number of aliphatic hydroxyl groups is 1. The zero-order valence-corrected chi connectivity index (χ0v) is 25.5. The second kappa shape index (κ2) is 14.2. The fourth-order valence-electron chi connectivity index (χ4n) is 4.77. The smallest absolute Gasteiger partial charge is 0.252 e. The summed E-state index contributed by atoms with van der Waals surface area (Å²) in [7, 11) is 4.62. The zero-order valence-electron chi connectivity index (χ0n) is 23.9. The van der Waals surface area contributed by atoms with Gasteiger partial charge in [0.05, 0.1) is 27.9 Å². The Morgan fingerprint density at radius 3 is 2.38 bits per heavy atom. The third-order valence-electron chi connectivity index (χ3n) is 6.85. The van der Waals surface area contributed by atoms with Gasteiger partial charge in [-0.05, 0) is 48.0 Å². The topological polar surface area (TPSA) is 108 Å². The fourth-order valence-corrected chi connectivity index (χ4v) is 5.27. The Kier molecular flexibility index (Phi) is 10.5. The number of halogens is 1. The molecule has 1 heterocycles. The molecule has 0 unspecified atom stereocenters. The van der Waals surface area contributed by atoms with E-state index in [-0.39, 0.29) is 25.5 Å². The van der Waals surface area contributed by atoms with E-state index in [0.717, 1.165) is 15.6 Å². The largest absolute Gasteiger partial charge is 0.494 e. The van der Waals surface area contributed by atoms with E-state index in [0.29, 0.717) is 47.5 Å². The van der Waals surface area contributed by atoms with Crippen LogP contribution in [0.1, 0.15) is 35.6 Å². The van der Waals surface area contributed by atoms with E-state index >= 15 is 0 Å². The Bertz CT molecular complexity index is 1400. The van der Waals surface area contributed by atoms with E-state index < -0.39 is 11.6 Å². The van der Waals surface area contributed by atoms with Crippen LogP contribution in [0, 0.1) is 0 Å². The van der Waals surface area contributed by atoms with Crippen LogP contribution >= 0.6 is 15.9 Å². The molecule has 3 aromatic carbocycles. The summed E-state index contributed by atoms with van der Waals surface area (Å²) in [6, 6.07) is 18.5. The van der Waals surface area contributed by atoms with E-state index in [1.165, 1.54) is 7.11 Å². The molecule has 0 fully saturated rings. The first-order valence-electron chi connectivity index (χ1n) is 13.4. The predicted octanol–water partition coefficient (Wildman–Crippen LogP) is 5.39. The fraction of sp³-hybridized carbons (Fsp3) is 0.312. The van der Waals surface area contributed by atoms with Crippen molar-refractivity contribution in [2.24, 2.45) is 4.99 Å². The Morgan fingerprint density at radius 2 is 1.79 bits per heavy atom. The van der Waals surface area contributed by atoms with Gasteiger partial charge in [0.25, 0.3) is 5.91 Å². The van der Waals surface area contributed by atoms with Gasteiger partial charge in [0.15, 0.2) is 23.1 Å². The lowest BCUT2D eigenvalue weighted by molar-refractivity contribution is -0.129. The molecule has 4 rings (SSSR count). The number of carbonyl (C=O) groups excluding carboxylic acids is 1. The molecule has 10 heteroatoms. The number of hydrogen-bond donors (Lipinski definition) is 2. The van der Waals surface area contributed by atoms with Crippen molar-refractivity contribution in [3.05, 3.63) is 94.5 Å². The molecule has 9 nitrogen and oxygen atoms in total. The van der Waals surface area contributed by atoms with Crippen LogP contribution in [-0.2, 0) is 16.1 Å². The number of hydrogen-bond acceptors (Lipinski definition) is 8.